The summed E-state index contributed by atoms with van der Waals surface area (Å²) in [7, 11) is 1.62. The average Bonchev–Trinajstić information content (AvgIpc) is 2.88. The second-order valence-corrected chi connectivity index (χ2v) is 5.48. The van der Waals surface area contributed by atoms with Gasteiger partial charge < -0.3 is 10.1 Å². The minimum atomic E-state index is -0.132. The number of methoxy groups -OCH3 is 1. The number of rotatable bonds is 3. The van der Waals surface area contributed by atoms with E-state index in [1.165, 1.54) is 0 Å². The number of thioether (sulfide) groups is 1. The van der Waals surface area contributed by atoms with Crippen molar-refractivity contribution in [2.45, 2.75) is 0 Å². The number of carbonyl (C=O) groups is 1. The van der Waals surface area contributed by atoms with Crippen LogP contribution in [-0.4, -0.2) is 23.2 Å². The summed E-state index contributed by atoms with van der Waals surface area (Å²) in [6.45, 7) is 0. The van der Waals surface area contributed by atoms with Crippen LogP contribution >= 0.6 is 11.8 Å². The summed E-state index contributed by atoms with van der Waals surface area (Å²) in [4.78, 5) is 20.9. The number of aromatic nitrogens is 1. The first kappa shape index (κ1) is 14.3. The SMILES string of the molecule is COc1ccc(N=C2NC(=O)SC2=Cc2ccncc2)cc1. The molecule has 0 saturated carbocycles. The quantitative estimate of drug-likeness (QED) is 0.940. The number of hydrogen-bond acceptors (Lipinski definition) is 5. The van der Waals surface area contributed by atoms with Gasteiger partial charge in [-0.15, -0.1) is 0 Å². The van der Waals surface area contributed by atoms with Gasteiger partial charge in [0.15, 0.2) is 0 Å². The van der Waals surface area contributed by atoms with Crippen LogP contribution in [-0.2, 0) is 0 Å². The van der Waals surface area contributed by atoms with Crippen molar-refractivity contribution in [2.75, 3.05) is 7.11 Å². The Kier molecular flexibility index (Phi) is 4.20. The van der Waals surface area contributed by atoms with Crippen molar-refractivity contribution in [1.82, 2.24) is 10.3 Å². The van der Waals surface area contributed by atoms with Crippen LogP contribution in [0, 0.1) is 0 Å². The van der Waals surface area contributed by atoms with Gasteiger partial charge in [0, 0.05) is 12.4 Å². The zero-order valence-electron chi connectivity index (χ0n) is 11.8. The fourth-order valence-electron chi connectivity index (χ4n) is 1.91. The Morgan fingerprint density at radius 2 is 1.91 bits per heavy atom. The van der Waals surface area contributed by atoms with Gasteiger partial charge in [-0.25, -0.2) is 4.99 Å². The second kappa shape index (κ2) is 6.44. The third kappa shape index (κ3) is 3.35. The van der Waals surface area contributed by atoms with Gasteiger partial charge in [-0.1, -0.05) is 0 Å². The highest BCUT2D eigenvalue weighted by molar-refractivity contribution is 8.18. The summed E-state index contributed by atoms with van der Waals surface area (Å²) in [6, 6.07) is 11.1. The molecule has 1 amide bonds. The molecule has 5 nitrogen and oxygen atoms in total. The Labute approximate surface area is 132 Å². The summed E-state index contributed by atoms with van der Waals surface area (Å²) >= 11 is 1.13. The molecule has 110 valence electrons. The maximum absolute atomic E-state index is 11.6. The standard InChI is InChI=1S/C16H13N3O2S/c1-21-13-4-2-12(3-5-13)18-15-14(22-16(20)19-15)10-11-6-8-17-9-7-11/h2-10H,1H3,(H,18,19,20). The molecule has 0 spiro atoms. The summed E-state index contributed by atoms with van der Waals surface area (Å²) < 4.78 is 5.12. The Bertz CT molecular complexity index is 740. The number of aliphatic imine (C=N–C) groups is 1. The van der Waals surface area contributed by atoms with Crippen molar-refractivity contribution in [3.05, 3.63) is 59.3 Å². The molecule has 2 aromatic rings. The Balaban J connectivity index is 1.91. The summed E-state index contributed by atoms with van der Waals surface area (Å²) in [5, 5.41) is 2.63. The molecule has 0 radical (unpaired) electrons. The van der Waals surface area contributed by atoms with E-state index >= 15 is 0 Å². The highest BCUT2D eigenvalue weighted by atomic mass is 32.2. The van der Waals surface area contributed by atoms with Gasteiger partial charge in [-0.05, 0) is 59.8 Å². The minimum absolute atomic E-state index is 0.132. The first-order valence-corrected chi connectivity index (χ1v) is 7.40. The van der Waals surface area contributed by atoms with E-state index in [1.54, 1.807) is 19.5 Å². The number of hydrogen-bond donors (Lipinski definition) is 1. The number of pyridine rings is 1. The first-order chi connectivity index (χ1) is 10.7. The molecule has 1 fully saturated rings. The van der Waals surface area contributed by atoms with E-state index in [0.29, 0.717) is 5.84 Å². The third-order valence-corrected chi connectivity index (χ3v) is 3.79. The Hall–Kier alpha value is -2.60. The first-order valence-electron chi connectivity index (χ1n) is 6.58. The van der Waals surface area contributed by atoms with Gasteiger partial charge in [0.05, 0.1) is 17.7 Å². The highest BCUT2D eigenvalue weighted by Crippen LogP contribution is 2.28. The van der Waals surface area contributed by atoms with Crippen LogP contribution in [0.25, 0.3) is 6.08 Å². The normalized spacial score (nSPS) is 17.8. The van der Waals surface area contributed by atoms with Gasteiger partial charge in [0.1, 0.15) is 11.6 Å². The molecule has 0 atom stereocenters. The van der Waals surface area contributed by atoms with Crippen molar-refractivity contribution < 1.29 is 9.53 Å². The van der Waals surface area contributed by atoms with Crippen molar-refractivity contribution in [2.24, 2.45) is 4.99 Å². The van der Waals surface area contributed by atoms with Crippen LogP contribution in [0.1, 0.15) is 5.56 Å². The van der Waals surface area contributed by atoms with Crippen LogP contribution in [0.5, 0.6) is 5.75 Å². The van der Waals surface area contributed by atoms with E-state index in [2.05, 4.69) is 15.3 Å². The summed E-state index contributed by atoms with van der Waals surface area (Å²) in [6.07, 6.45) is 5.33. The number of carbonyl (C=O) groups excluding carboxylic acids is 1. The average molecular weight is 311 g/mol. The number of nitrogens with one attached hydrogen (secondary N) is 1. The molecule has 1 aromatic heterocycles. The Morgan fingerprint density at radius 1 is 1.18 bits per heavy atom. The van der Waals surface area contributed by atoms with Crippen LogP contribution in [0.15, 0.2) is 58.7 Å². The number of benzene rings is 1. The van der Waals surface area contributed by atoms with E-state index < -0.39 is 0 Å². The predicted octanol–water partition coefficient (Wildman–Crippen LogP) is 3.62. The molecule has 1 aliphatic rings. The molecule has 22 heavy (non-hydrogen) atoms. The Morgan fingerprint density at radius 3 is 2.59 bits per heavy atom. The van der Waals surface area contributed by atoms with Crippen LogP contribution in [0.3, 0.4) is 0 Å². The topological polar surface area (TPSA) is 63.6 Å². The van der Waals surface area contributed by atoms with Gasteiger partial charge in [0.2, 0.25) is 0 Å². The fourth-order valence-corrected chi connectivity index (χ4v) is 2.65. The largest absolute Gasteiger partial charge is 0.497 e. The van der Waals surface area contributed by atoms with Crippen molar-refractivity contribution in [3.8, 4) is 5.75 Å². The zero-order chi connectivity index (χ0) is 15.4. The van der Waals surface area contributed by atoms with Gasteiger partial charge in [-0.2, -0.15) is 0 Å². The lowest BCUT2D eigenvalue weighted by atomic mass is 10.2. The summed E-state index contributed by atoms with van der Waals surface area (Å²) in [5.74, 6) is 1.32. The second-order valence-electron chi connectivity index (χ2n) is 4.46. The van der Waals surface area contributed by atoms with Crippen molar-refractivity contribution >= 4 is 34.6 Å². The molecule has 1 saturated heterocycles. The highest BCUT2D eigenvalue weighted by Gasteiger charge is 2.23. The maximum atomic E-state index is 11.6. The fraction of sp³-hybridized carbons (Fsp3) is 0.0625. The molecular weight excluding hydrogens is 298 g/mol. The molecule has 1 aliphatic heterocycles. The number of amidine groups is 1. The van der Waals surface area contributed by atoms with E-state index in [0.717, 1.165) is 33.7 Å². The zero-order valence-corrected chi connectivity index (χ0v) is 12.6. The third-order valence-electron chi connectivity index (χ3n) is 2.97. The van der Waals surface area contributed by atoms with Crippen LogP contribution in [0.2, 0.25) is 0 Å². The molecule has 1 N–H and O–H groups in total. The molecule has 0 aliphatic carbocycles. The molecule has 0 bridgehead atoms. The molecule has 0 unspecified atom stereocenters. The number of ether oxygens (including phenoxy) is 1. The van der Waals surface area contributed by atoms with Crippen LogP contribution in [0.4, 0.5) is 10.5 Å². The molecule has 2 heterocycles. The molecule has 3 rings (SSSR count). The molecule has 6 heteroatoms. The lowest BCUT2D eigenvalue weighted by Gasteiger charge is -2.02. The van der Waals surface area contributed by atoms with E-state index in [1.807, 2.05) is 42.5 Å². The maximum Gasteiger partial charge on any atom is 0.289 e. The van der Waals surface area contributed by atoms with Crippen molar-refractivity contribution in [3.63, 3.8) is 0 Å². The lowest BCUT2D eigenvalue weighted by Crippen LogP contribution is -2.18. The van der Waals surface area contributed by atoms with Crippen LogP contribution < -0.4 is 10.1 Å². The number of amides is 1. The van der Waals surface area contributed by atoms with E-state index in [4.69, 9.17) is 4.74 Å². The van der Waals surface area contributed by atoms with E-state index in [9.17, 15) is 4.79 Å². The van der Waals surface area contributed by atoms with Crippen molar-refractivity contribution in [1.29, 1.82) is 0 Å². The molecule has 1 aromatic carbocycles. The summed E-state index contributed by atoms with van der Waals surface area (Å²) in [5.41, 5.74) is 1.72. The van der Waals surface area contributed by atoms with Gasteiger partial charge >= 0.3 is 0 Å². The lowest BCUT2D eigenvalue weighted by molar-refractivity contribution is 0.265. The van der Waals surface area contributed by atoms with Gasteiger partial charge in [0.25, 0.3) is 5.24 Å². The number of nitrogens with zero attached hydrogens (tertiary/aromatic N) is 2. The molecular formula is C16H13N3O2S. The van der Waals surface area contributed by atoms with E-state index in [-0.39, 0.29) is 5.24 Å². The smallest absolute Gasteiger partial charge is 0.289 e. The van der Waals surface area contributed by atoms with Gasteiger partial charge in [-0.3, -0.25) is 9.78 Å². The monoisotopic (exact) mass is 311 g/mol. The predicted molar refractivity (Wildman–Crippen MR) is 88.4 cm³/mol. The minimum Gasteiger partial charge on any atom is -0.497 e.